The van der Waals surface area contributed by atoms with Crippen molar-refractivity contribution in [2.75, 3.05) is 13.7 Å². The summed E-state index contributed by atoms with van der Waals surface area (Å²) in [6.45, 7) is 3.62. The molecule has 170 valence electrons. The van der Waals surface area contributed by atoms with Gasteiger partial charge >= 0.3 is 11.7 Å². The molecule has 9 nitrogen and oxygen atoms in total. The van der Waals surface area contributed by atoms with Gasteiger partial charge in [0.05, 0.1) is 32.3 Å². The second kappa shape index (κ2) is 9.15. The summed E-state index contributed by atoms with van der Waals surface area (Å²) in [5, 5.41) is 0. The maximum absolute atomic E-state index is 13.6. The first kappa shape index (κ1) is 22.1. The summed E-state index contributed by atoms with van der Waals surface area (Å²) in [5.41, 5.74) is 0.482. The van der Waals surface area contributed by atoms with Crippen LogP contribution in [0.3, 0.4) is 0 Å². The first-order valence-electron chi connectivity index (χ1n) is 10.5. The topological polar surface area (TPSA) is 97.4 Å². The number of aromatic nitrogens is 4. The maximum Gasteiger partial charge on any atom is 0.337 e. The summed E-state index contributed by atoms with van der Waals surface area (Å²) >= 11 is 0. The highest BCUT2D eigenvalue weighted by Gasteiger charge is 2.25. The minimum absolute atomic E-state index is 0.0668. The van der Waals surface area contributed by atoms with Crippen LogP contribution in [-0.2, 0) is 16.1 Å². The van der Waals surface area contributed by atoms with Crippen LogP contribution in [0.4, 0.5) is 0 Å². The summed E-state index contributed by atoms with van der Waals surface area (Å²) in [6, 6.07) is 15.3. The Morgan fingerprint density at radius 3 is 2.55 bits per heavy atom. The molecule has 2 aromatic heterocycles. The van der Waals surface area contributed by atoms with Gasteiger partial charge in [-0.05, 0) is 31.5 Å². The average Bonchev–Trinajstić information content (AvgIpc) is 3.27. The van der Waals surface area contributed by atoms with Crippen molar-refractivity contribution in [2.45, 2.75) is 26.4 Å². The largest absolute Gasteiger partial charge is 0.497 e. The number of carbonyl (C=O) groups is 1. The van der Waals surface area contributed by atoms with Crippen molar-refractivity contribution >= 4 is 17.1 Å². The first-order valence-corrected chi connectivity index (χ1v) is 10.5. The molecule has 0 amide bonds. The Kier molecular flexibility index (Phi) is 6.12. The SMILES string of the molecule is CCOC(=O)C(C)n1cnc2c1c(=O)n(Cc1ccccc1)c(=O)n2-c1cccc(OC)c1. The zero-order chi connectivity index (χ0) is 23.5. The number of imidazole rings is 1. The number of carbonyl (C=O) groups excluding carboxylic acids is 1. The molecule has 0 aliphatic heterocycles. The molecule has 0 N–H and O–H groups in total. The number of esters is 1. The van der Waals surface area contributed by atoms with Crippen LogP contribution in [0.1, 0.15) is 25.5 Å². The standard InChI is InChI=1S/C24H24N4O5/c1-4-33-23(30)16(2)27-15-25-21-20(27)22(29)26(14-17-9-6-5-7-10-17)24(31)28(21)18-11-8-12-19(13-18)32-3/h5-13,15-16H,4,14H2,1-3H3. The monoisotopic (exact) mass is 448 g/mol. The molecule has 0 saturated heterocycles. The molecule has 0 aliphatic rings. The molecule has 2 aromatic carbocycles. The highest BCUT2D eigenvalue weighted by molar-refractivity contribution is 5.79. The Balaban J connectivity index is 2.02. The zero-order valence-corrected chi connectivity index (χ0v) is 18.6. The maximum atomic E-state index is 13.6. The molecule has 1 unspecified atom stereocenters. The summed E-state index contributed by atoms with van der Waals surface area (Å²) < 4.78 is 14.4. The predicted octanol–water partition coefficient (Wildman–Crippen LogP) is 2.53. The van der Waals surface area contributed by atoms with E-state index in [4.69, 9.17) is 9.47 Å². The van der Waals surface area contributed by atoms with Crippen LogP contribution >= 0.6 is 0 Å². The van der Waals surface area contributed by atoms with Gasteiger partial charge in [0.1, 0.15) is 11.8 Å². The van der Waals surface area contributed by atoms with Gasteiger partial charge < -0.3 is 14.0 Å². The van der Waals surface area contributed by atoms with Crippen molar-refractivity contribution in [1.29, 1.82) is 0 Å². The highest BCUT2D eigenvalue weighted by atomic mass is 16.5. The Morgan fingerprint density at radius 1 is 1.09 bits per heavy atom. The summed E-state index contributed by atoms with van der Waals surface area (Å²) in [7, 11) is 1.53. The molecule has 0 aliphatic carbocycles. The van der Waals surface area contributed by atoms with E-state index in [9.17, 15) is 14.4 Å². The lowest BCUT2D eigenvalue weighted by atomic mass is 10.2. The Bertz CT molecular complexity index is 1420. The van der Waals surface area contributed by atoms with Crippen molar-refractivity contribution < 1.29 is 14.3 Å². The van der Waals surface area contributed by atoms with E-state index in [-0.39, 0.29) is 24.3 Å². The van der Waals surface area contributed by atoms with E-state index in [1.54, 1.807) is 38.1 Å². The quantitative estimate of drug-likeness (QED) is 0.403. The van der Waals surface area contributed by atoms with E-state index < -0.39 is 23.3 Å². The number of benzene rings is 2. The fraction of sp³-hybridized carbons (Fsp3) is 0.250. The number of hydrogen-bond acceptors (Lipinski definition) is 6. The van der Waals surface area contributed by atoms with Crippen molar-refractivity contribution in [2.24, 2.45) is 0 Å². The molecule has 0 bridgehead atoms. The van der Waals surface area contributed by atoms with E-state index in [0.717, 1.165) is 10.1 Å². The third kappa shape index (κ3) is 4.05. The summed E-state index contributed by atoms with van der Waals surface area (Å²) in [4.78, 5) is 43.9. The van der Waals surface area contributed by atoms with Gasteiger partial charge in [0.15, 0.2) is 11.2 Å². The molecule has 4 aromatic rings. The number of fused-ring (bicyclic) bond motifs is 1. The van der Waals surface area contributed by atoms with E-state index in [2.05, 4.69) is 4.98 Å². The zero-order valence-electron chi connectivity index (χ0n) is 18.6. The minimum atomic E-state index is -0.802. The van der Waals surface area contributed by atoms with E-state index in [1.165, 1.54) is 22.6 Å². The molecule has 0 radical (unpaired) electrons. The Hall–Kier alpha value is -4.14. The van der Waals surface area contributed by atoms with E-state index in [0.29, 0.717) is 11.4 Å². The Morgan fingerprint density at radius 2 is 1.85 bits per heavy atom. The second-order valence-electron chi connectivity index (χ2n) is 7.45. The van der Waals surface area contributed by atoms with Gasteiger partial charge in [-0.2, -0.15) is 0 Å². The van der Waals surface area contributed by atoms with Gasteiger partial charge in [-0.25, -0.2) is 19.1 Å². The average molecular weight is 448 g/mol. The lowest BCUT2D eigenvalue weighted by Gasteiger charge is -2.15. The van der Waals surface area contributed by atoms with E-state index >= 15 is 0 Å². The molecule has 0 spiro atoms. The van der Waals surface area contributed by atoms with Crippen LogP contribution in [0, 0.1) is 0 Å². The molecule has 4 rings (SSSR count). The van der Waals surface area contributed by atoms with Gasteiger partial charge in [0.25, 0.3) is 5.56 Å². The van der Waals surface area contributed by atoms with Crippen molar-refractivity contribution in [3.05, 3.63) is 87.3 Å². The number of nitrogens with zero attached hydrogens (tertiary/aromatic N) is 4. The second-order valence-corrected chi connectivity index (χ2v) is 7.45. The number of hydrogen-bond donors (Lipinski definition) is 0. The van der Waals surface area contributed by atoms with E-state index in [1.807, 2.05) is 30.3 Å². The van der Waals surface area contributed by atoms with Gasteiger partial charge in [-0.1, -0.05) is 36.4 Å². The molecule has 33 heavy (non-hydrogen) atoms. The molecule has 0 saturated carbocycles. The fourth-order valence-corrected chi connectivity index (χ4v) is 3.70. The van der Waals surface area contributed by atoms with Gasteiger partial charge in [0, 0.05) is 6.07 Å². The van der Waals surface area contributed by atoms with Gasteiger partial charge in [0.2, 0.25) is 0 Å². The normalized spacial score (nSPS) is 12.0. The van der Waals surface area contributed by atoms with Crippen LogP contribution in [0.2, 0.25) is 0 Å². The number of rotatable bonds is 7. The van der Waals surface area contributed by atoms with Crippen molar-refractivity contribution in [1.82, 2.24) is 18.7 Å². The molecule has 1 atom stereocenters. The highest BCUT2D eigenvalue weighted by Crippen LogP contribution is 2.20. The minimum Gasteiger partial charge on any atom is -0.497 e. The molecular weight excluding hydrogens is 424 g/mol. The molecule has 2 heterocycles. The fourth-order valence-electron chi connectivity index (χ4n) is 3.70. The van der Waals surface area contributed by atoms with Gasteiger partial charge in [-0.15, -0.1) is 0 Å². The Labute approximate surface area is 189 Å². The van der Waals surface area contributed by atoms with Gasteiger partial charge in [-0.3, -0.25) is 9.36 Å². The van der Waals surface area contributed by atoms with Crippen molar-refractivity contribution in [3.63, 3.8) is 0 Å². The van der Waals surface area contributed by atoms with Crippen molar-refractivity contribution in [3.8, 4) is 11.4 Å². The number of ether oxygens (including phenoxy) is 2. The van der Waals surface area contributed by atoms with Crippen LogP contribution in [0.5, 0.6) is 5.75 Å². The molecular formula is C24H24N4O5. The van der Waals surface area contributed by atoms with Crippen LogP contribution in [0.15, 0.2) is 70.5 Å². The molecule has 9 heteroatoms. The lowest BCUT2D eigenvalue weighted by Crippen LogP contribution is -2.40. The van der Waals surface area contributed by atoms with Crippen LogP contribution < -0.4 is 16.0 Å². The lowest BCUT2D eigenvalue weighted by molar-refractivity contribution is -0.146. The van der Waals surface area contributed by atoms with Crippen LogP contribution in [-0.4, -0.2) is 38.4 Å². The first-order chi connectivity index (χ1) is 16.0. The number of methoxy groups -OCH3 is 1. The third-order valence-electron chi connectivity index (χ3n) is 5.40. The molecule has 0 fully saturated rings. The third-order valence-corrected chi connectivity index (χ3v) is 5.40. The summed E-state index contributed by atoms with van der Waals surface area (Å²) in [6.07, 6.45) is 1.39. The predicted molar refractivity (Wildman–Crippen MR) is 123 cm³/mol. The smallest absolute Gasteiger partial charge is 0.337 e. The van der Waals surface area contributed by atoms with Crippen LogP contribution in [0.25, 0.3) is 16.9 Å². The summed E-state index contributed by atoms with van der Waals surface area (Å²) in [5.74, 6) is 0.0534.